The minimum absolute atomic E-state index is 0. The Morgan fingerprint density at radius 2 is 0.833 bits per heavy atom. The van der Waals surface area contributed by atoms with Crippen LogP contribution in [0.5, 0.6) is 0 Å². The van der Waals surface area contributed by atoms with Crippen LogP contribution in [0.3, 0.4) is 0 Å². The summed E-state index contributed by atoms with van der Waals surface area (Å²) in [6.45, 7) is 15.2. The van der Waals surface area contributed by atoms with Crippen molar-refractivity contribution in [3.05, 3.63) is 0 Å². The monoisotopic (exact) mass is 432 g/mol. The Morgan fingerprint density at radius 3 is 1.10 bits per heavy atom. The van der Waals surface area contributed by atoms with E-state index in [0.29, 0.717) is 0 Å². The first-order valence-corrected chi connectivity index (χ1v) is 12.8. The van der Waals surface area contributed by atoms with Crippen LogP contribution in [-0.4, -0.2) is 23.0 Å². The number of hydrogen-bond acceptors (Lipinski definition) is 2. The molecule has 8 N–H and O–H groups in total. The molecular weight excluding hydrogens is 372 g/mol. The van der Waals surface area contributed by atoms with Crippen LogP contribution in [0.15, 0.2) is 0 Å². The molecule has 0 aromatic carbocycles. The summed E-state index contributed by atoms with van der Waals surface area (Å²) >= 11 is 0. The molecule has 0 bridgehead atoms. The summed E-state index contributed by atoms with van der Waals surface area (Å²) < 4.78 is 0. The average Bonchev–Trinajstić information content (AvgIpc) is 2.70. The molecule has 0 amide bonds. The van der Waals surface area contributed by atoms with Crippen LogP contribution in [0.2, 0.25) is 0 Å². The van der Waals surface area contributed by atoms with Crippen molar-refractivity contribution < 1.29 is 11.0 Å². The van der Waals surface area contributed by atoms with Gasteiger partial charge in [-0.1, -0.05) is 106 Å². The van der Waals surface area contributed by atoms with Crippen molar-refractivity contribution in [2.45, 2.75) is 150 Å². The van der Waals surface area contributed by atoms with Crippen LogP contribution in [-0.2, 0) is 0 Å². The molecule has 0 radical (unpaired) electrons. The highest BCUT2D eigenvalue weighted by Gasteiger charge is 2.54. The molecule has 0 saturated carbocycles. The van der Waals surface area contributed by atoms with Gasteiger partial charge in [0.15, 0.2) is 0 Å². The fourth-order valence-electron chi connectivity index (χ4n) is 5.47. The molecule has 0 aromatic heterocycles. The predicted molar refractivity (Wildman–Crippen MR) is 136 cm³/mol. The quantitative estimate of drug-likeness (QED) is 0.232. The van der Waals surface area contributed by atoms with Crippen LogP contribution in [0.1, 0.15) is 144 Å². The van der Waals surface area contributed by atoms with E-state index in [1.807, 2.05) is 0 Å². The fraction of sp³-hybridized carbons (Fsp3) is 1.00. The van der Waals surface area contributed by atoms with Gasteiger partial charge >= 0.3 is 0 Å². The molecule has 0 aromatic rings. The first-order valence-electron chi connectivity index (χ1n) is 12.8. The molecule has 0 saturated heterocycles. The molecule has 186 valence electrons. The van der Waals surface area contributed by atoms with E-state index >= 15 is 0 Å². The molecule has 0 spiro atoms. The molecule has 30 heavy (non-hydrogen) atoms. The third-order valence-corrected chi connectivity index (χ3v) is 7.76. The van der Waals surface area contributed by atoms with Crippen molar-refractivity contribution in [1.29, 1.82) is 0 Å². The molecule has 0 fully saturated rings. The van der Waals surface area contributed by atoms with Gasteiger partial charge in [0.1, 0.15) is 0 Å². The normalized spacial score (nSPS) is 12.4. The van der Waals surface area contributed by atoms with Crippen molar-refractivity contribution in [1.82, 2.24) is 0 Å². The van der Waals surface area contributed by atoms with E-state index in [4.69, 9.17) is 11.5 Å². The molecule has 0 aliphatic heterocycles. The number of unbranched alkanes of at least 4 members (excludes halogenated alkanes) is 6. The van der Waals surface area contributed by atoms with Gasteiger partial charge < -0.3 is 22.4 Å². The SMILES string of the molecule is CCCCC(C)(CCCC)C(N)(CCCCCN)C(C)(CCCC)CCCC.O.O. The average molecular weight is 433 g/mol. The van der Waals surface area contributed by atoms with E-state index in [2.05, 4.69) is 41.5 Å². The van der Waals surface area contributed by atoms with Gasteiger partial charge in [-0.05, 0) is 55.9 Å². The lowest BCUT2D eigenvalue weighted by Gasteiger charge is -2.58. The van der Waals surface area contributed by atoms with E-state index in [1.54, 1.807) is 0 Å². The molecule has 4 heteroatoms. The minimum atomic E-state index is -0.0801. The fourth-order valence-corrected chi connectivity index (χ4v) is 5.47. The summed E-state index contributed by atoms with van der Waals surface area (Å²) in [7, 11) is 0. The first-order chi connectivity index (χ1) is 13.3. The van der Waals surface area contributed by atoms with E-state index in [9.17, 15) is 0 Å². The van der Waals surface area contributed by atoms with Crippen molar-refractivity contribution in [2.24, 2.45) is 22.3 Å². The lowest BCUT2D eigenvalue weighted by molar-refractivity contribution is -0.0275. The predicted octanol–water partition coefficient (Wildman–Crippen LogP) is 6.33. The summed E-state index contributed by atoms with van der Waals surface area (Å²) in [5, 5.41) is 0. The Kier molecular flexibility index (Phi) is 21.1. The highest BCUT2D eigenvalue weighted by Crippen LogP contribution is 2.55. The molecular formula is C26H60N2O2. The van der Waals surface area contributed by atoms with E-state index in [0.717, 1.165) is 13.0 Å². The topological polar surface area (TPSA) is 115 Å². The maximum absolute atomic E-state index is 7.67. The number of rotatable bonds is 19. The Hall–Kier alpha value is -0.160. The Labute approximate surface area is 190 Å². The summed E-state index contributed by atoms with van der Waals surface area (Å²) in [5.74, 6) is 0. The lowest BCUT2D eigenvalue weighted by atomic mass is 9.50. The molecule has 0 aliphatic rings. The van der Waals surface area contributed by atoms with Gasteiger partial charge in [0.05, 0.1) is 0 Å². The number of nitrogens with two attached hydrogens (primary N) is 2. The second-order valence-electron chi connectivity index (χ2n) is 10.1. The van der Waals surface area contributed by atoms with Crippen molar-refractivity contribution in [3.8, 4) is 0 Å². The molecule has 0 unspecified atom stereocenters. The van der Waals surface area contributed by atoms with Crippen LogP contribution < -0.4 is 11.5 Å². The van der Waals surface area contributed by atoms with Gasteiger partial charge in [-0.15, -0.1) is 0 Å². The summed E-state index contributed by atoms with van der Waals surface area (Å²) in [5.41, 5.74) is 13.8. The summed E-state index contributed by atoms with van der Waals surface area (Å²) in [6.07, 6.45) is 20.2. The zero-order chi connectivity index (χ0) is 21.5. The van der Waals surface area contributed by atoms with Crippen LogP contribution in [0, 0.1) is 10.8 Å². The Bertz CT molecular complexity index is 332. The highest BCUT2D eigenvalue weighted by molar-refractivity contribution is 5.09. The third kappa shape index (κ3) is 9.97. The van der Waals surface area contributed by atoms with Crippen LogP contribution >= 0.6 is 0 Å². The van der Waals surface area contributed by atoms with E-state index in [1.165, 1.54) is 96.3 Å². The first kappa shape index (κ1) is 34.5. The van der Waals surface area contributed by atoms with Crippen molar-refractivity contribution in [2.75, 3.05) is 6.54 Å². The molecule has 0 rings (SSSR count). The van der Waals surface area contributed by atoms with Gasteiger partial charge in [0.25, 0.3) is 0 Å². The molecule has 0 heterocycles. The number of hydrogen-bond donors (Lipinski definition) is 2. The highest BCUT2D eigenvalue weighted by atomic mass is 16.0. The minimum Gasteiger partial charge on any atom is -0.412 e. The van der Waals surface area contributed by atoms with Gasteiger partial charge in [0.2, 0.25) is 0 Å². The van der Waals surface area contributed by atoms with E-state index in [-0.39, 0.29) is 27.3 Å². The lowest BCUT2D eigenvalue weighted by Crippen LogP contribution is -2.64. The van der Waals surface area contributed by atoms with E-state index < -0.39 is 0 Å². The zero-order valence-corrected chi connectivity index (χ0v) is 21.7. The van der Waals surface area contributed by atoms with Gasteiger partial charge in [0, 0.05) is 5.54 Å². The smallest absolute Gasteiger partial charge is 0.0263 e. The van der Waals surface area contributed by atoms with Crippen LogP contribution in [0.25, 0.3) is 0 Å². The molecule has 0 aliphatic carbocycles. The van der Waals surface area contributed by atoms with Gasteiger partial charge in [-0.3, -0.25) is 0 Å². The second kappa shape index (κ2) is 18.4. The summed E-state index contributed by atoms with van der Waals surface area (Å²) in [4.78, 5) is 0. The zero-order valence-electron chi connectivity index (χ0n) is 21.7. The van der Waals surface area contributed by atoms with Crippen LogP contribution in [0.4, 0.5) is 0 Å². The Morgan fingerprint density at radius 1 is 0.500 bits per heavy atom. The maximum Gasteiger partial charge on any atom is 0.0263 e. The third-order valence-electron chi connectivity index (χ3n) is 7.76. The van der Waals surface area contributed by atoms with Gasteiger partial charge in [-0.2, -0.15) is 0 Å². The Balaban J connectivity index is -0.00000364. The van der Waals surface area contributed by atoms with Gasteiger partial charge in [-0.25, -0.2) is 0 Å². The second-order valence-corrected chi connectivity index (χ2v) is 10.1. The van der Waals surface area contributed by atoms with Crippen molar-refractivity contribution in [3.63, 3.8) is 0 Å². The molecule has 4 nitrogen and oxygen atoms in total. The largest absolute Gasteiger partial charge is 0.412 e. The van der Waals surface area contributed by atoms with Crippen molar-refractivity contribution >= 4 is 0 Å². The standard InChI is InChI=1S/C26H56N2.2H2O/c1-7-11-18-24(5,19-12-8-2)26(28,22-16-15-17-23-27)25(6,20-13-9-3)21-14-10-4;;/h7-23,27-28H2,1-6H3;2*1H2. The summed E-state index contributed by atoms with van der Waals surface area (Å²) in [6, 6.07) is 0. The molecule has 0 atom stereocenters. The maximum atomic E-state index is 7.67.